The molecular formula is C11H14N2O4S2. The van der Waals surface area contributed by atoms with Crippen LogP contribution < -0.4 is 11.1 Å². The first-order chi connectivity index (χ1) is 8.90. The highest BCUT2D eigenvalue weighted by molar-refractivity contribution is 7.99. The van der Waals surface area contributed by atoms with E-state index in [-0.39, 0.29) is 23.6 Å². The summed E-state index contributed by atoms with van der Waals surface area (Å²) in [5.41, 5.74) is 5.06. The monoisotopic (exact) mass is 302 g/mol. The van der Waals surface area contributed by atoms with Gasteiger partial charge in [-0.1, -0.05) is 0 Å². The van der Waals surface area contributed by atoms with E-state index in [0.29, 0.717) is 10.8 Å². The number of nitrogens with one attached hydrogen (secondary N) is 1. The van der Waals surface area contributed by atoms with Crippen molar-refractivity contribution in [2.24, 2.45) is 5.73 Å². The minimum atomic E-state index is -1.07. The lowest BCUT2D eigenvalue weighted by molar-refractivity contribution is -0.116. The summed E-state index contributed by atoms with van der Waals surface area (Å²) >= 11 is 2.49. The largest absolute Gasteiger partial charge is 0.478 e. The van der Waals surface area contributed by atoms with Gasteiger partial charge in [0.1, 0.15) is 5.00 Å². The zero-order valence-corrected chi connectivity index (χ0v) is 11.9. The number of amides is 2. The quantitative estimate of drug-likeness (QED) is 0.658. The Morgan fingerprint density at radius 1 is 1.47 bits per heavy atom. The molecule has 0 aliphatic heterocycles. The predicted octanol–water partition coefficient (Wildman–Crippen LogP) is 1.30. The van der Waals surface area contributed by atoms with Gasteiger partial charge in [0, 0.05) is 17.1 Å². The van der Waals surface area contributed by atoms with Gasteiger partial charge in [-0.2, -0.15) is 11.8 Å². The van der Waals surface area contributed by atoms with Gasteiger partial charge in [-0.3, -0.25) is 9.59 Å². The summed E-state index contributed by atoms with van der Waals surface area (Å²) in [7, 11) is 0. The summed E-state index contributed by atoms with van der Waals surface area (Å²) in [5.74, 6) is -1.13. The molecule has 0 saturated carbocycles. The van der Waals surface area contributed by atoms with Gasteiger partial charge in [-0.25, -0.2) is 4.79 Å². The summed E-state index contributed by atoms with van der Waals surface area (Å²) in [6.45, 7) is 1.77. The average Bonchev–Trinajstić information content (AvgIpc) is 2.65. The molecule has 104 valence electrons. The van der Waals surface area contributed by atoms with Crippen molar-refractivity contribution in [3.8, 4) is 0 Å². The van der Waals surface area contributed by atoms with Gasteiger partial charge < -0.3 is 16.2 Å². The highest BCUT2D eigenvalue weighted by Gasteiger charge is 2.15. The molecule has 1 aromatic rings. The van der Waals surface area contributed by atoms with Crippen molar-refractivity contribution in [3.63, 3.8) is 0 Å². The van der Waals surface area contributed by atoms with Crippen LogP contribution in [0.4, 0.5) is 5.00 Å². The Hall–Kier alpha value is -1.54. The lowest BCUT2D eigenvalue weighted by Gasteiger charge is -2.03. The zero-order valence-electron chi connectivity index (χ0n) is 10.3. The first-order valence-corrected chi connectivity index (χ1v) is 7.37. The van der Waals surface area contributed by atoms with Gasteiger partial charge in [-0.15, -0.1) is 11.3 Å². The SMILES string of the molecule is Cc1cc(C(=O)O)c(NC(=O)CCSCC(N)=O)s1. The number of thiophene rings is 1. The molecule has 19 heavy (non-hydrogen) atoms. The standard InChI is InChI=1S/C11H14N2O4S2/c1-6-4-7(11(16)17)10(19-6)13-9(15)2-3-18-5-8(12)14/h4H,2-3,5H2,1H3,(H2,12,14)(H,13,15)(H,16,17). The number of hydrogen-bond donors (Lipinski definition) is 3. The van der Waals surface area contributed by atoms with Crippen molar-refractivity contribution in [2.45, 2.75) is 13.3 Å². The van der Waals surface area contributed by atoms with Crippen LogP contribution in [-0.2, 0) is 9.59 Å². The Kier molecular flexibility index (Phi) is 5.84. The number of carboxylic acids is 1. The highest BCUT2D eigenvalue weighted by atomic mass is 32.2. The second-order valence-electron chi connectivity index (χ2n) is 3.72. The van der Waals surface area contributed by atoms with Crippen molar-refractivity contribution in [1.29, 1.82) is 0 Å². The van der Waals surface area contributed by atoms with Gasteiger partial charge in [0.15, 0.2) is 0 Å². The molecule has 0 radical (unpaired) electrons. The molecular weight excluding hydrogens is 288 g/mol. The van der Waals surface area contributed by atoms with Crippen LogP contribution in [0.2, 0.25) is 0 Å². The number of anilines is 1. The Labute approximate surface area is 118 Å². The van der Waals surface area contributed by atoms with E-state index in [9.17, 15) is 14.4 Å². The molecule has 0 aromatic carbocycles. The summed E-state index contributed by atoms with van der Waals surface area (Å²) in [4.78, 5) is 33.9. The Morgan fingerprint density at radius 3 is 2.74 bits per heavy atom. The number of aryl methyl sites for hydroxylation is 1. The maximum absolute atomic E-state index is 11.6. The molecule has 0 aliphatic rings. The molecule has 0 fully saturated rings. The first kappa shape index (κ1) is 15.5. The molecule has 1 aromatic heterocycles. The molecule has 2 amide bonds. The van der Waals surface area contributed by atoms with Gasteiger partial charge in [0.05, 0.1) is 11.3 Å². The van der Waals surface area contributed by atoms with E-state index in [1.54, 1.807) is 6.92 Å². The van der Waals surface area contributed by atoms with E-state index in [1.807, 2.05) is 0 Å². The Morgan fingerprint density at radius 2 is 2.16 bits per heavy atom. The molecule has 0 atom stereocenters. The second kappa shape index (κ2) is 7.15. The van der Waals surface area contributed by atoms with E-state index in [4.69, 9.17) is 10.8 Å². The smallest absolute Gasteiger partial charge is 0.338 e. The van der Waals surface area contributed by atoms with Crippen molar-refractivity contribution in [2.75, 3.05) is 16.8 Å². The van der Waals surface area contributed by atoms with Gasteiger partial charge in [-0.05, 0) is 13.0 Å². The molecule has 1 rings (SSSR count). The van der Waals surface area contributed by atoms with Crippen LogP contribution in [0, 0.1) is 6.92 Å². The maximum atomic E-state index is 11.6. The summed E-state index contributed by atoms with van der Waals surface area (Å²) in [6.07, 6.45) is 0.202. The number of carbonyl (C=O) groups excluding carboxylic acids is 2. The second-order valence-corrected chi connectivity index (χ2v) is 6.08. The third-order valence-electron chi connectivity index (χ3n) is 2.06. The zero-order chi connectivity index (χ0) is 14.4. The van der Waals surface area contributed by atoms with E-state index in [0.717, 1.165) is 4.88 Å². The lowest BCUT2D eigenvalue weighted by atomic mass is 10.3. The average molecular weight is 302 g/mol. The lowest BCUT2D eigenvalue weighted by Crippen LogP contribution is -2.16. The topological polar surface area (TPSA) is 109 Å². The molecule has 0 bridgehead atoms. The fourth-order valence-electron chi connectivity index (χ4n) is 1.29. The number of aromatic carboxylic acids is 1. The maximum Gasteiger partial charge on any atom is 0.338 e. The third-order valence-corrected chi connectivity index (χ3v) is 4.00. The van der Waals surface area contributed by atoms with Crippen LogP contribution in [-0.4, -0.2) is 34.4 Å². The number of carbonyl (C=O) groups is 3. The Balaban J connectivity index is 2.48. The minimum absolute atomic E-state index is 0.0978. The molecule has 6 nitrogen and oxygen atoms in total. The molecule has 0 spiro atoms. The van der Waals surface area contributed by atoms with Crippen LogP contribution in [0.1, 0.15) is 21.7 Å². The van der Waals surface area contributed by atoms with Gasteiger partial charge >= 0.3 is 5.97 Å². The summed E-state index contributed by atoms with van der Waals surface area (Å²) < 4.78 is 0. The number of nitrogens with two attached hydrogens (primary N) is 1. The van der Waals surface area contributed by atoms with Crippen LogP contribution in [0.15, 0.2) is 6.07 Å². The van der Waals surface area contributed by atoms with Crippen LogP contribution in [0.3, 0.4) is 0 Å². The number of thioether (sulfide) groups is 1. The van der Waals surface area contributed by atoms with E-state index in [1.165, 1.54) is 29.2 Å². The van der Waals surface area contributed by atoms with Crippen molar-refractivity contribution < 1.29 is 19.5 Å². The van der Waals surface area contributed by atoms with Gasteiger partial charge in [0.25, 0.3) is 0 Å². The van der Waals surface area contributed by atoms with Crippen LogP contribution in [0.5, 0.6) is 0 Å². The number of rotatable bonds is 7. The number of hydrogen-bond acceptors (Lipinski definition) is 5. The predicted molar refractivity (Wildman–Crippen MR) is 75.8 cm³/mol. The minimum Gasteiger partial charge on any atom is -0.478 e. The van der Waals surface area contributed by atoms with Crippen LogP contribution >= 0.6 is 23.1 Å². The molecule has 1 heterocycles. The number of primary amides is 1. The first-order valence-electron chi connectivity index (χ1n) is 5.39. The molecule has 0 unspecified atom stereocenters. The van der Waals surface area contributed by atoms with E-state index >= 15 is 0 Å². The fraction of sp³-hybridized carbons (Fsp3) is 0.364. The summed E-state index contributed by atoms with van der Waals surface area (Å²) in [5, 5.41) is 11.9. The van der Waals surface area contributed by atoms with Crippen molar-refractivity contribution in [1.82, 2.24) is 0 Å². The van der Waals surface area contributed by atoms with E-state index < -0.39 is 11.9 Å². The van der Waals surface area contributed by atoms with E-state index in [2.05, 4.69) is 5.32 Å². The summed E-state index contributed by atoms with van der Waals surface area (Å²) in [6, 6.07) is 1.52. The highest BCUT2D eigenvalue weighted by Crippen LogP contribution is 2.27. The van der Waals surface area contributed by atoms with Crippen LogP contribution in [0.25, 0.3) is 0 Å². The molecule has 0 saturated heterocycles. The number of carboxylic acid groups (broad SMARTS) is 1. The normalized spacial score (nSPS) is 10.2. The fourth-order valence-corrected chi connectivity index (χ4v) is 2.89. The van der Waals surface area contributed by atoms with Crippen molar-refractivity contribution in [3.05, 3.63) is 16.5 Å². The molecule has 8 heteroatoms. The Bertz CT molecular complexity index is 499. The molecule has 4 N–H and O–H groups in total. The van der Waals surface area contributed by atoms with Crippen molar-refractivity contribution >= 4 is 45.9 Å². The third kappa shape index (κ3) is 5.31. The molecule has 0 aliphatic carbocycles. The van der Waals surface area contributed by atoms with Gasteiger partial charge in [0.2, 0.25) is 11.8 Å².